The number of unbranched alkanes of at least 4 members (excludes halogenated alkanes) is 1. The summed E-state index contributed by atoms with van der Waals surface area (Å²) in [5.41, 5.74) is 0.842. The fourth-order valence-electron chi connectivity index (χ4n) is 1.77. The molecule has 0 nitrogen and oxygen atoms in total. The van der Waals surface area contributed by atoms with Crippen molar-refractivity contribution in [1.29, 1.82) is 0 Å². The zero-order valence-electron chi connectivity index (χ0n) is 6.78. The van der Waals surface area contributed by atoms with Crippen molar-refractivity contribution in [3.8, 4) is 0 Å². The Labute approximate surface area is 72.8 Å². The molecular weight excluding hydrogens is 187 g/mol. The van der Waals surface area contributed by atoms with E-state index < -0.39 is 0 Å². The van der Waals surface area contributed by atoms with E-state index in [1.54, 1.807) is 0 Å². The third-order valence-electron chi connectivity index (χ3n) is 2.44. The smallest absolute Gasteiger partial charge is 0.157 e. The predicted octanol–water partition coefficient (Wildman–Crippen LogP) is 3.58. The van der Waals surface area contributed by atoms with Gasteiger partial charge in [-0.2, -0.15) is 15.8 Å². The normalized spacial score (nSPS) is 25.8. The van der Waals surface area contributed by atoms with Gasteiger partial charge in [-0.15, -0.1) is 0 Å². The number of rotatable bonds is 3. The highest BCUT2D eigenvalue weighted by Crippen LogP contribution is 2.32. The van der Waals surface area contributed by atoms with Crippen LogP contribution in [0.2, 0.25) is 12.6 Å². The monoisotopic (exact) mass is 202 g/mol. The maximum absolute atomic E-state index is 3.67. The Morgan fingerprint density at radius 1 is 1.60 bits per heavy atom. The molecule has 0 spiro atoms. The average Bonchev–Trinajstić information content (AvgIpc) is 2.31. The van der Waals surface area contributed by atoms with Gasteiger partial charge in [-0.05, 0) is 5.92 Å². The maximum Gasteiger partial charge on any atom is 0.223 e. The van der Waals surface area contributed by atoms with E-state index >= 15 is 0 Å². The molecule has 2 heteroatoms. The van der Waals surface area contributed by atoms with Crippen molar-refractivity contribution in [3.63, 3.8) is 0 Å². The second-order valence-electron chi connectivity index (χ2n) is 3.42. The lowest BCUT2D eigenvalue weighted by Crippen LogP contribution is -1.96. The van der Waals surface area contributed by atoms with Gasteiger partial charge < -0.3 is 0 Å². The van der Waals surface area contributed by atoms with E-state index in [-0.39, 0.29) is 0 Å². The molecule has 0 bridgehead atoms. The van der Waals surface area contributed by atoms with Gasteiger partial charge in [0.15, 0.2) is 0 Å². The molecule has 0 aromatic carbocycles. The van der Waals surface area contributed by atoms with Crippen LogP contribution in [0.3, 0.4) is 0 Å². The van der Waals surface area contributed by atoms with Crippen LogP contribution in [0.1, 0.15) is 32.6 Å². The first-order chi connectivity index (χ1) is 4.83. The Hall–Kier alpha value is 0.545. The second kappa shape index (κ2) is 4.43. The van der Waals surface area contributed by atoms with Crippen molar-refractivity contribution in [2.24, 2.45) is 5.92 Å². The Balaban J connectivity index is 2.06. The highest BCUT2D eigenvalue weighted by atomic mass is 79.9. The van der Waals surface area contributed by atoms with Gasteiger partial charge in [-0.1, -0.05) is 45.2 Å². The van der Waals surface area contributed by atoms with Crippen LogP contribution in [0.4, 0.5) is 0 Å². The second-order valence-corrected chi connectivity index (χ2v) is 4.71. The molecule has 0 saturated carbocycles. The number of hydrogen-bond donors (Lipinski definition) is 0. The highest BCUT2D eigenvalue weighted by molar-refractivity contribution is 9.24. The summed E-state index contributed by atoms with van der Waals surface area (Å²) in [4.78, 5) is 0. The van der Waals surface area contributed by atoms with Crippen LogP contribution >= 0.6 is 15.8 Å². The molecule has 1 fully saturated rings. The van der Waals surface area contributed by atoms with Gasteiger partial charge in [0.2, 0.25) is 5.54 Å². The van der Waals surface area contributed by atoms with Gasteiger partial charge in [0.1, 0.15) is 0 Å². The SMILES string of the molecule is CCCC[C@H]1CCB(Br)C1. The first-order valence-corrected chi connectivity index (χ1v) is 5.38. The average molecular weight is 203 g/mol. The molecule has 0 N–H and O–H groups in total. The Morgan fingerprint density at radius 2 is 2.40 bits per heavy atom. The summed E-state index contributed by atoms with van der Waals surface area (Å²) in [6.07, 6.45) is 8.58. The molecule has 0 unspecified atom stereocenters. The predicted molar refractivity (Wildman–Crippen MR) is 51.9 cm³/mol. The summed E-state index contributed by atoms with van der Waals surface area (Å²) in [5, 5.41) is 0. The fourth-order valence-corrected chi connectivity index (χ4v) is 2.56. The van der Waals surface area contributed by atoms with Crippen LogP contribution in [0.25, 0.3) is 0 Å². The lowest BCUT2D eigenvalue weighted by molar-refractivity contribution is 0.511. The maximum atomic E-state index is 3.67. The minimum atomic E-state index is 0.842. The van der Waals surface area contributed by atoms with Gasteiger partial charge in [-0.3, -0.25) is 0 Å². The minimum Gasteiger partial charge on any atom is -0.157 e. The van der Waals surface area contributed by atoms with Crippen molar-refractivity contribution < 1.29 is 0 Å². The zero-order chi connectivity index (χ0) is 7.40. The highest BCUT2D eigenvalue weighted by Gasteiger charge is 2.24. The Bertz CT molecular complexity index is 95.3. The summed E-state index contributed by atoms with van der Waals surface area (Å²) in [7, 11) is 0. The summed E-state index contributed by atoms with van der Waals surface area (Å²) in [5.74, 6) is 1.05. The van der Waals surface area contributed by atoms with Crippen LogP contribution in [0.5, 0.6) is 0 Å². The van der Waals surface area contributed by atoms with E-state index in [2.05, 4.69) is 22.7 Å². The van der Waals surface area contributed by atoms with Crippen molar-refractivity contribution >= 4 is 21.3 Å². The molecule has 1 saturated heterocycles. The molecule has 58 valence electrons. The minimum absolute atomic E-state index is 0.842. The van der Waals surface area contributed by atoms with Gasteiger partial charge in [-0.25, -0.2) is 0 Å². The lowest BCUT2D eigenvalue weighted by atomic mass is 9.75. The Kier molecular flexibility index (Phi) is 3.83. The molecule has 1 aliphatic rings. The first kappa shape index (κ1) is 8.64. The molecule has 1 aliphatic heterocycles. The van der Waals surface area contributed by atoms with E-state index in [0.29, 0.717) is 0 Å². The lowest BCUT2D eigenvalue weighted by Gasteiger charge is -2.06. The van der Waals surface area contributed by atoms with Crippen LogP contribution < -0.4 is 0 Å². The van der Waals surface area contributed by atoms with Gasteiger partial charge in [0, 0.05) is 0 Å². The standard InChI is InChI=1S/C8H16BBr/c1-2-3-4-8-5-6-9(10)7-8/h8H,2-7H2,1H3/t8-/m0/s1. The van der Waals surface area contributed by atoms with Crippen LogP contribution in [-0.4, -0.2) is 5.54 Å². The summed E-state index contributed by atoms with van der Waals surface area (Å²) < 4.78 is 0. The van der Waals surface area contributed by atoms with E-state index in [9.17, 15) is 0 Å². The van der Waals surface area contributed by atoms with Crippen LogP contribution in [0, 0.1) is 5.92 Å². The molecule has 10 heavy (non-hydrogen) atoms. The van der Waals surface area contributed by atoms with Gasteiger partial charge in [0.25, 0.3) is 0 Å². The summed E-state index contributed by atoms with van der Waals surface area (Å²) in [6.45, 7) is 2.28. The van der Waals surface area contributed by atoms with E-state index in [0.717, 1.165) is 11.5 Å². The quantitative estimate of drug-likeness (QED) is 0.614. The topological polar surface area (TPSA) is 0 Å². The van der Waals surface area contributed by atoms with Gasteiger partial charge >= 0.3 is 0 Å². The summed E-state index contributed by atoms with van der Waals surface area (Å²) >= 11 is 3.67. The van der Waals surface area contributed by atoms with Crippen molar-refractivity contribution in [1.82, 2.24) is 0 Å². The zero-order valence-corrected chi connectivity index (χ0v) is 8.36. The number of halogens is 1. The summed E-state index contributed by atoms with van der Waals surface area (Å²) in [6, 6.07) is 0. The third-order valence-corrected chi connectivity index (χ3v) is 3.27. The first-order valence-electron chi connectivity index (χ1n) is 4.47. The molecule has 1 heterocycles. The molecule has 0 aliphatic carbocycles. The van der Waals surface area contributed by atoms with Crippen molar-refractivity contribution in [2.45, 2.75) is 45.2 Å². The van der Waals surface area contributed by atoms with Crippen molar-refractivity contribution in [2.75, 3.05) is 0 Å². The molecule has 0 radical (unpaired) electrons. The molecule has 0 aromatic rings. The molecule has 0 aromatic heterocycles. The van der Waals surface area contributed by atoms with Crippen LogP contribution in [0.15, 0.2) is 0 Å². The fraction of sp³-hybridized carbons (Fsp3) is 1.00. The van der Waals surface area contributed by atoms with Gasteiger partial charge in [0.05, 0.1) is 0 Å². The van der Waals surface area contributed by atoms with E-state index in [1.807, 2.05) is 0 Å². The van der Waals surface area contributed by atoms with Crippen molar-refractivity contribution in [3.05, 3.63) is 0 Å². The van der Waals surface area contributed by atoms with E-state index in [1.165, 1.54) is 38.3 Å². The van der Waals surface area contributed by atoms with E-state index in [4.69, 9.17) is 0 Å². The third kappa shape index (κ3) is 2.65. The molecule has 1 atom stereocenters. The molecule has 1 rings (SSSR count). The molecule has 0 amide bonds. The number of hydrogen-bond acceptors (Lipinski definition) is 0. The Morgan fingerprint density at radius 3 is 2.90 bits per heavy atom. The largest absolute Gasteiger partial charge is 0.223 e. The molecular formula is C8H16BBr. The van der Waals surface area contributed by atoms with Crippen LogP contribution in [-0.2, 0) is 0 Å².